The van der Waals surface area contributed by atoms with Crippen molar-refractivity contribution in [3.05, 3.63) is 64.7 Å². The highest BCUT2D eigenvalue weighted by atomic mass is 35.5. The second-order valence-electron chi connectivity index (χ2n) is 6.69. The third-order valence-corrected chi connectivity index (χ3v) is 6.05. The molecule has 0 spiro atoms. The number of amides is 3. The Kier molecular flexibility index (Phi) is 9.63. The molecular weight excluding hydrogens is 458 g/mol. The van der Waals surface area contributed by atoms with Gasteiger partial charge in [0, 0.05) is 13.1 Å². The molecule has 2 rings (SSSR count). The number of imide groups is 1. The molecule has 0 aliphatic heterocycles. The van der Waals surface area contributed by atoms with Gasteiger partial charge in [0.15, 0.2) is 6.61 Å². The SMILES string of the molecule is CCCCNC(=O)NC(=O)COC(=O)c1ccc(Cl)c(S(=O)(=O)NCc2ccccc2)c1. The Hall–Kier alpha value is -2.95. The molecule has 0 saturated heterocycles. The van der Waals surface area contributed by atoms with E-state index in [4.69, 9.17) is 16.3 Å². The summed E-state index contributed by atoms with van der Waals surface area (Å²) in [5.74, 6) is -1.76. The molecule has 0 radical (unpaired) electrons. The highest BCUT2D eigenvalue weighted by molar-refractivity contribution is 7.89. The van der Waals surface area contributed by atoms with E-state index in [0.29, 0.717) is 6.54 Å². The van der Waals surface area contributed by atoms with Crippen molar-refractivity contribution >= 4 is 39.5 Å². The zero-order chi connectivity index (χ0) is 23.6. The van der Waals surface area contributed by atoms with Crippen LogP contribution in [0.15, 0.2) is 53.4 Å². The summed E-state index contributed by atoms with van der Waals surface area (Å²) < 4.78 is 32.6. The van der Waals surface area contributed by atoms with E-state index in [2.05, 4.69) is 10.0 Å². The van der Waals surface area contributed by atoms with Crippen molar-refractivity contribution in [3.8, 4) is 0 Å². The van der Waals surface area contributed by atoms with Crippen molar-refractivity contribution in [2.24, 2.45) is 0 Å². The molecule has 0 bridgehead atoms. The molecule has 0 heterocycles. The number of esters is 1. The van der Waals surface area contributed by atoms with Crippen LogP contribution in [0.3, 0.4) is 0 Å². The van der Waals surface area contributed by atoms with Gasteiger partial charge in [-0.3, -0.25) is 10.1 Å². The van der Waals surface area contributed by atoms with Crippen molar-refractivity contribution in [1.29, 1.82) is 0 Å². The third-order valence-electron chi connectivity index (χ3n) is 4.17. The van der Waals surface area contributed by atoms with Crippen LogP contribution in [0.1, 0.15) is 35.7 Å². The number of hydrogen-bond acceptors (Lipinski definition) is 6. The summed E-state index contributed by atoms with van der Waals surface area (Å²) in [6, 6.07) is 11.8. The molecule has 0 fully saturated rings. The molecule has 0 aromatic heterocycles. The van der Waals surface area contributed by atoms with Crippen LogP contribution in [0.5, 0.6) is 0 Å². The summed E-state index contributed by atoms with van der Waals surface area (Å²) in [7, 11) is -4.03. The number of benzene rings is 2. The molecule has 11 heteroatoms. The Labute approximate surface area is 191 Å². The fourth-order valence-electron chi connectivity index (χ4n) is 2.49. The maximum absolute atomic E-state index is 12.6. The van der Waals surface area contributed by atoms with Gasteiger partial charge in [-0.2, -0.15) is 0 Å². The van der Waals surface area contributed by atoms with Crippen molar-refractivity contribution in [3.63, 3.8) is 0 Å². The van der Waals surface area contributed by atoms with Crippen molar-refractivity contribution in [2.45, 2.75) is 31.2 Å². The first-order valence-electron chi connectivity index (χ1n) is 9.81. The van der Waals surface area contributed by atoms with Crippen LogP contribution in [-0.2, 0) is 26.1 Å². The van der Waals surface area contributed by atoms with E-state index < -0.39 is 34.5 Å². The molecule has 9 nitrogen and oxygen atoms in total. The zero-order valence-corrected chi connectivity index (χ0v) is 19.0. The molecule has 3 amide bonds. The summed E-state index contributed by atoms with van der Waals surface area (Å²) in [5, 5.41) is 4.44. The van der Waals surface area contributed by atoms with Gasteiger partial charge in [0.2, 0.25) is 10.0 Å². The van der Waals surface area contributed by atoms with Gasteiger partial charge in [-0.25, -0.2) is 22.7 Å². The summed E-state index contributed by atoms with van der Waals surface area (Å²) in [4.78, 5) is 35.2. The van der Waals surface area contributed by atoms with E-state index in [0.717, 1.165) is 24.5 Å². The lowest BCUT2D eigenvalue weighted by molar-refractivity contribution is -0.123. The molecule has 0 unspecified atom stereocenters. The second kappa shape index (κ2) is 12.2. The van der Waals surface area contributed by atoms with Gasteiger partial charge >= 0.3 is 12.0 Å². The maximum Gasteiger partial charge on any atom is 0.338 e. The van der Waals surface area contributed by atoms with Crippen molar-refractivity contribution in [2.75, 3.05) is 13.2 Å². The van der Waals surface area contributed by atoms with Crippen LogP contribution >= 0.6 is 11.6 Å². The quantitative estimate of drug-likeness (QED) is 0.353. The normalized spacial score (nSPS) is 10.9. The molecule has 0 atom stereocenters. The molecular formula is C21H24ClN3O6S. The Morgan fingerprint density at radius 2 is 1.78 bits per heavy atom. The lowest BCUT2D eigenvalue weighted by Gasteiger charge is -2.11. The van der Waals surface area contributed by atoms with E-state index in [-0.39, 0.29) is 22.0 Å². The van der Waals surface area contributed by atoms with Gasteiger partial charge in [-0.15, -0.1) is 0 Å². The number of sulfonamides is 1. The Balaban J connectivity index is 1.97. The number of nitrogens with one attached hydrogen (secondary N) is 3. The smallest absolute Gasteiger partial charge is 0.338 e. The van der Waals surface area contributed by atoms with Gasteiger partial charge in [-0.1, -0.05) is 55.3 Å². The molecule has 2 aromatic carbocycles. The number of unbranched alkanes of at least 4 members (excludes halogenated alkanes) is 1. The summed E-state index contributed by atoms with van der Waals surface area (Å²) in [5.41, 5.74) is 0.627. The maximum atomic E-state index is 12.6. The molecule has 32 heavy (non-hydrogen) atoms. The summed E-state index contributed by atoms with van der Waals surface area (Å²) in [6.07, 6.45) is 1.64. The summed E-state index contributed by atoms with van der Waals surface area (Å²) >= 11 is 6.02. The number of carbonyl (C=O) groups excluding carboxylic acids is 3. The van der Waals surface area contributed by atoms with E-state index in [1.807, 2.05) is 18.3 Å². The predicted octanol–water partition coefficient (Wildman–Crippen LogP) is 2.60. The molecule has 3 N–H and O–H groups in total. The van der Waals surface area contributed by atoms with Crippen LogP contribution < -0.4 is 15.4 Å². The van der Waals surface area contributed by atoms with Crippen LogP contribution in [0.4, 0.5) is 4.79 Å². The Morgan fingerprint density at radius 1 is 1.06 bits per heavy atom. The first-order chi connectivity index (χ1) is 15.2. The van der Waals surface area contributed by atoms with Gasteiger partial charge in [0.25, 0.3) is 5.91 Å². The van der Waals surface area contributed by atoms with Crippen molar-refractivity contribution in [1.82, 2.24) is 15.4 Å². The van der Waals surface area contributed by atoms with Gasteiger partial charge in [0.05, 0.1) is 10.6 Å². The second-order valence-corrected chi connectivity index (χ2v) is 8.83. The van der Waals surface area contributed by atoms with Gasteiger partial charge in [0.1, 0.15) is 4.90 Å². The first kappa shape index (κ1) is 25.3. The van der Waals surface area contributed by atoms with E-state index in [9.17, 15) is 22.8 Å². The predicted molar refractivity (Wildman–Crippen MR) is 119 cm³/mol. The number of carbonyl (C=O) groups is 3. The average molecular weight is 482 g/mol. The standard InChI is InChI=1S/C21H24ClN3O6S/c1-2-3-11-23-21(28)25-19(26)14-31-20(27)16-9-10-17(22)18(12-16)32(29,30)24-13-15-7-5-4-6-8-15/h4-10,12,24H,2-3,11,13-14H2,1H3,(H2,23,25,26,28). The van der Waals surface area contributed by atoms with Crippen LogP contribution in [0.2, 0.25) is 5.02 Å². The van der Waals surface area contributed by atoms with Crippen LogP contribution in [0, 0.1) is 0 Å². The fourth-order valence-corrected chi connectivity index (χ4v) is 4.03. The van der Waals surface area contributed by atoms with Gasteiger partial charge < -0.3 is 10.1 Å². The monoisotopic (exact) mass is 481 g/mol. The van der Waals surface area contributed by atoms with E-state index in [1.54, 1.807) is 24.3 Å². The van der Waals surface area contributed by atoms with E-state index in [1.165, 1.54) is 12.1 Å². The largest absolute Gasteiger partial charge is 0.452 e. The lowest BCUT2D eigenvalue weighted by Crippen LogP contribution is -2.41. The summed E-state index contributed by atoms with van der Waals surface area (Å²) in [6.45, 7) is 1.69. The minimum Gasteiger partial charge on any atom is -0.452 e. The minimum absolute atomic E-state index is 0.0364. The molecule has 172 valence electrons. The highest BCUT2D eigenvalue weighted by Crippen LogP contribution is 2.23. The fraction of sp³-hybridized carbons (Fsp3) is 0.286. The molecule has 0 aliphatic carbocycles. The van der Waals surface area contributed by atoms with Gasteiger partial charge in [-0.05, 0) is 30.2 Å². The third kappa shape index (κ3) is 7.95. The highest BCUT2D eigenvalue weighted by Gasteiger charge is 2.21. The Bertz CT molecular complexity index is 1060. The van der Waals surface area contributed by atoms with Crippen LogP contribution in [-0.4, -0.2) is 39.5 Å². The number of halogens is 1. The number of ether oxygens (including phenoxy) is 1. The first-order valence-corrected chi connectivity index (χ1v) is 11.7. The minimum atomic E-state index is -4.03. The zero-order valence-electron chi connectivity index (χ0n) is 17.4. The number of hydrogen-bond donors (Lipinski definition) is 3. The van der Waals surface area contributed by atoms with Crippen LogP contribution in [0.25, 0.3) is 0 Å². The average Bonchev–Trinajstić information content (AvgIpc) is 2.77. The van der Waals surface area contributed by atoms with E-state index >= 15 is 0 Å². The Morgan fingerprint density at radius 3 is 2.47 bits per heavy atom. The molecule has 0 aliphatic rings. The number of urea groups is 1. The molecule has 2 aromatic rings. The molecule has 0 saturated carbocycles. The lowest BCUT2D eigenvalue weighted by atomic mass is 10.2. The van der Waals surface area contributed by atoms with Crippen molar-refractivity contribution < 1.29 is 27.5 Å². The number of rotatable bonds is 10. The topological polar surface area (TPSA) is 131 Å².